The molecule has 2 aromatic rings. The minimum Gasteiger partial charge on any atom is -0.423 e. The predicted octanol–water partition coefficient (Wildman–Crippen LogP) is 11.4. The lowest BCUT2D eigenvalue weighted by atomic mass is 9.90. The highest BCUT2D eigenvalue weighted by Crippen LogP contribution is 2.40. The normalized spacial score (nSPS) is 15.1. The van der Waals surface area contributed by atoms with Crippen molar-refractivity contribution in [2.24, 2.45) is 5.92 Å². The number of hydrogen-bond acceptors (Lipinski definition) is 3. The van der Waals surface area contributed by atoms with Crippen LogP contribution in [0.1, 0.15) is 138 Å². The van der Waals surface area contributed by atoms with E-state index in [0.29, 0.717) is 18.4 Å². The summed E-state index contributed by atoms with van der Waals surface area (Å²) >= 11 is 0. The van der Waals surface area contributed by atoms with Gasteiger partial charge in [0.25, 0.3) is 0 Å². The minimum absolute atomic E-state index is 0.110. The van der Waals surface area contributed by atoms with E-state index in [-0.39, 0.29) is 12.2 Å². The van der Waals surface area contributed by atoms with Gasteiger partial charge in [-0.05, 0) is 55.5 Å². The number of unbranched alkanes of at least 4 members (excludes halogenated alkanes) is 10. The number of carbonyl (C=O) groups excluding carboxylic acids is 1. The zero-order valence-corrected chi connectivity index (χ0v) is 26.2. The van der Waals surface area contributed by atoms with Gasteiger partial charge in [-0.25, -0.2) is 9.18 Å². The molecule has 0 aromatic heterocycles. The van der Waals surface area contributed by atoms with Crippen molar-refractivity contribution in [1.82, 2.24) is 0 Å². The molecule has 0 spiro atoms. The van der Waals surface area contributed by atoms with Crippen LogP contribution >= 0.6 is 0 Å². The van der Waals surface area contributed by atoms with Crippen LogP contribution in [-0.4, -0.2) is 25.2 Å². The van der Waals surface area contributed by atoms with Crippen LogP contribution in [0.2, 0.25) is 0 Å². The lowest BCUT2D eigenvalue weighted by Gasteiger charge is -2.33. The Labute approximate surface area is 256 Å². The van der Waals surface area contributed by atoms with E-state index in [4.69, 9.17) is 4.74 Å². The Bertz CT molecular complexity index is 1080. The highest BCUT2D eigenvalue weighted by molar-refractivity contribution is 5.91. The van der Waals surface area contributed by atoms with Crippen molar-refractivity contribution in [3.05, 3.63) is 59.4 Å². The predicted molar refractivity (Wildman–Crippen MR) is 168 cm³/mol. The molecule has 1 aliphatic heterocycles. The maximum atomic E-state index is 14.8. The zero-order chi connectivity index (χ0) is 31.1. The molecule has 1 saturated heterocycles. The first-order valence-corrected chi connectivity index (χ1v) is 16.7. The zero-order valence-electron chi connectivity index (χ0n) is 26.2. The van der Waals surface area contributed by atoms with E-state index in [1.807, 2.05) is 19.1 Å². The number of carbonyl (C=O) groups is 1. The molecule has 1 aliphatic rings. The second kappa shape index (κ2) is 18.3. The molecule has 7 heteroatoms. The summed E-state index contributed by atoms with van der Waals surface area (Å²) in [5.41, 5.74) is 0.950. The van der Waals surface area contributed by atoms with Gasteiger partial charge >= 0.3 is 12.1 Å². The number of anilines is 1. The van der Waals surface area contributed by atoms with Crippen molar-refractivity contribution in [2.75, 3.05) is 18.0 Å². The molecule has 3 nitrogen and oxygen atoms in total. The molecule has 1 heterocycles. The van der Waals surface area contributed by atoms with E-state index < -0.39 is 29.4 Å². The highest BCUT2D eigenvalue weighted by atomic mass is 19.4. The summed E-state index contributed by atoms with van der Waals surface area (Å²) in [5, 5.41) is 0. The Morgan fingerprint density at radius 1 is 0.837 bits per heavy atom. The molecule has 0 N–H and O–H groups in total. The van der Waals surface area contributed by atoms with Gasteiger partial charge in [-0.2, -0.15) is 13.2 Å². The minimum atomic E-state index is -4.55. The average molecular weight is 606 g/mol. The summed E-state index contributed by atoms with van der Waals surface area (Å²) in [4.78, 5) is 15.1. The van der Waals surface area contributed by atoms with Gasteiger partial charge in [-0.15, -0.1) is 0 Å². The van der Waals surface area contributed by atoms with Gasteiger partial charge in [-0.3, -0.25) is 0 Å². The topological polar surface area (TPSA) is 29.5 Å². The fourth-order valence-electron chi connectivity index (χ4n) is 6.15. The number of benzene rings is 2. The molecule has 0 aliphatic carbocycles. The van der Waals surface area contributed by atoms with Gasteiger partial charge in [0.05, 0.1) is 11.5 Å². The summed E-state index contributed by atoms with van der Waals surface area (Å²) in [6.45, 7) is 6.23. The monoisotopic (exact) mass is 605 g/mol. The van der Waals surface area contributed by atoms with Gasteiger partial charge in [0.15, 0.2) is 0 Å². The Morgan fingerprint density at radius 3 is 2.00 bits per heavy atom. The number of nitrogens with zero attached hydrogens (tertiary/aromatic N) is 1. The van der Waals surface area contributed by atoms with Gasteiger partial charge in [0.2, 0.25) is 0 Å². The van der Waals surface area contributed by atoms with Crippen LogP contribution < -0.4 is 9.64 Å². The van der Waals surface area contributed by atoms with Crippen LogP contribution in [0.25, 0.3) is 0 Å². The van der Waals surface area contributed by atoms with Gasteiger partial charge in [0, 0.05) is 30.4 Å². The molecular weight excluding hydrogens is 554 g/mol. The molecule has 240 valence electrons. The van der Waals surface area contributed by atoms with Crippen LogP contribution in [0.3, 0.4) is 0 Å². The number of halogens is 4. The third kappa shape index (κ3) is 11.8. The Kier molecular flexibility index (Phi) is 14.8. The first-order chi connectivity index (χ1) is 20.7. The van der Waals surface area contributed by atoms with Crippen molar-refractivity contribution in [1.29, 1.82) is 0 Å². The molecule has 3 rings (SSSR count). The molecule has 1 fully saturated rings. The quantitative estimate of drug-likeness (QED) is 0.0733. The number of alkyl halides is 3. The number of rotatable bonds is 18. The summed E-state index contributed by atoms with van der Waals surface area (Å²) in [5.74, 6) is -2.89. The highest BCUT2D eigenvalue weighted by Gasteiger charge is 2.41. The maximum Gasteiger partial charge on any atom is 0.395 e. The third-order valence-electron chi connectivity index (χ3n) is 8.85. The summed E-state index contributed by atoms with van der Waals surface area (Å²) in [6.07, 6.45) is 12.6. The fraction of sp³-hybridized carbons (Fsp3) is 0.639. The second-order valence-corrected chi connectivity index (χ2v) is 12.3. The van der Waals surface area contributed by atoms with Crippen molar-refractivity contribution >= 4 is 11.7 Å². The molecule has 43 heavy (non-hydrogen) atoms. The molecule has 0 unspecified atom stereocenters. The van der Waals surface area contributed by atoms with E-state index in [9.17, 15) is 22.4 Å². The number of ether oxygens (including phenoxy) is 1. The van der Waals surface area contributed by atoms with E-state index in [2.05, 4.69) is 11.8 Å². The standard InChI is InChI=1S/C36H51F4NO2/c1-3-5-7-9-10-11-12-13-15-28-23-25-41(26-24-28)30-19-17-29(18-20-30)35(42)43-31-21-22-32(34(37)27-31)33(36(38,39)40)16-14-8-6-4-2/h17-22,27-28,33H,3-16,23-26H2,1-2H3/t33-/m0/s1. The number of hydrogen-bond donors (Lipinski definition) is 0. The van der Waals surface area contributed by atoms with Crippen LogP contribution in [-0.2, 0) is 0 Å². The average Bonchev–Trinajstić information content (AvgIpc) is 2.99. The van der Waals surface area contributed by atoms with Crippen molar-refractivity contribution in [3.8, 4) is 5.75 Å². The molecule has 1 atom stereocenters. The second-order valence-electron chi connectivity index (χ2n) is 12.3. The first kappa shape index (κ1) is 34.9. The van der Waals surface area contributed by atoms with Crippen LogP contribution in [0.4, 0.5) is 23.2 Å². The summed E-state index contributed by atoms with van der Waals surface area (Å²) in [7, 11) is 0. The largest absolute Gasteiger partial charge is 0.423 e. The van der Waals surface area contributed by atoms with E-state index >= 15 is 0 Å². The summed E-state index contributed by atoms with van der Waals surface area (Å²) < 4.78 is 61.1. The molecule has 2 aromatic carbocycles. The lowest BCUT2D eigenvalue weighted by molar-refractivity contribution is -0.152. The first-order valence-electron chi connectivity index (χ1n) is 16.7. The van der Waals surface area contributed by atoms with Crippen molar-refractivity contribution in [2.45, 2.75) is 129 Å². The number of esters is 1. The van der Waals surface area contributed by atoms with E-state index in [1.54, 1.807) is 12.1 Å². The smallest absolute Gasteiger partial charge is 0.395 e. The molecular formula is C36H51F4NO2. The Hall–Kier alpha value is -2.57. The van der Waals surface area contributed by atoms with Crippen molar-refractivity contribution in [3.63, 3.8) is 0 Å². The van der Waals surface area contributed by atoms with Gasteiger partial charge in [0.1, 0.15) is 11.6 Å². The SMILES string of the molecule is CCCCCCCCCCC1CCN(c2ccc(C(=O)Oc3ccc([C@H](CCCCCC)C(F)(F)F)c(F)c3)cc2)CC1. The molecule has 0 amide bonds. The maximum absolute atomic E-state index is 14.8. The van der Waals surface area contributed by atoms with E-state index in [0.717, 1.165) is 49.7 Å². The van der Waals surface area contributed by atoms with Gasteiger partial charge < -0.3 is 9.64 Å². The van der Waals surface area contributed by atoms with Gasteiger partial charge in [-0.1, -0.05) is 103 Å². The van der Waals surface area contributed by atoms with Crippen LogP contribution in [0.15, 0.2) is 42.5 Å². The Morgan fingerprint density at radius 2 is 1.42 bits per heavy atom. The lowest BCUT2D eigenvalue weighted by Crippen LogP contribution is -2.33. The fourth-order valence-corrected chi connectivity index (χ4v) is 6.15. The molecule has 0 radical (unpaired) electrons. The number of piperidine rings is 1. The van der Waals surface area contributed by atoms with Crippen molar-refractivity contribution < 1.29 is 27.1 Å². The third-order valence-corrected chi connectivity index (χ3v) is 8.85. The molecule has 0 bridgehead atoms. The summed E-state index contributed by atoms with van der Waals surface area (Å²) in [6, 6.07) is 10.4. The van der Waals surface area contributed by atoms with Crippen LogP contribution in [0.5, 0.6) is 5.75 Å². The molecule has 0 saturated carbocycles. The van der Waals surface area contributed by atoms with Crippen LogP contribution in [0, 0.1) is 11.7 Å². The Balaban J connectivity index is 1.45. The van der Waals surface area contributed by atoms with E-state index in [1.165, 1.54) is 76.7 Å².